The smallest absolute Gasteiger partial charge is 0.255 e. The van der Waals surface area contributed by atoms with Crippen molar-refractivity contribution in [2.45, 2.75) is 78.1 Å². The van der Waals surface area contributed by atoms with Crippen molar-refractivity contribution in [2.75, 3.05) is 13.1 Å². The largest absolute Gasteiger partial charge is 0.489 e. The van der Waals surface area contributed by atoms with Gasteiger partial charge in [-0.25, -0.2) is 0 Å². The molecule has 0 spiro atoms. The highest BCUT2D eigenvalue weighted by Gasteiger charge is 2.40. The minimum Gasteiger partial charge on any atom is -0.489 e. The highest BCUT2D eigenvalue weighted by molar-refractivity contribution is 7.15. The molecule has 8 rings (SSSR count). The maximum Gasteiger partial charge on any atom is 0.255 e. The van der Waals surface area contributed by atoms with Crippen LogP contribution in [0.5, 0.6) is 5.75 Å². The number of carbonyl (C=O) groups is 5. The van der Waals surface area contributed by atoms with Crippen LogP contribution in [-0.2, 0) is 27.5 Å². The number of fused-ring (bicyclic) bond motifs is 4. The van der Waals surface area contributed by atoms with Crippen molar-refractivity contribution in [3.63, 3.8) is 0 Å². The van der Waals surface area contributed by atoms with Gasteiger partial charge < -0.3 is 20.3 Å². The van der Waals surface area contributed by atoms with E-state index >= 15 is 0 Å². The van der Waals surface area contributed by atoms with Crippen LogP contribution in [-0.4, -0.2) is 74.0 Å². The summed E-state index contributed by atoms with van der Waals surface area (Å²) in [5, 5.41) is 18.8. The lowest BCUT2D eigenvalue weighted by Gasteiger charge is -2.29. The van der Waals surface area contributed by atoms with Crippen molar-refractivity contribution in [1.82, 2.24) is 35.6 Å². The van der Waals surface area contributed by atoms with Crippen molar-refractivity contribution in [3.8, 4) is 10.8 Å². The Hall–Kier alpha value is -6.19. The molecule has 5 heterocycles. The third-order valence-electron chi connectivity index (χ3n) is 11.1. The number of nitrogens with zero attached hydrogens (tertiary/aromatic N) is 5. The highest BCUT2D eigenvalue weighted by atomic mass is 35.5. The lowest BCUT2D eigenvalue weighted by molar-refractivity contribution is -0.137. The number of hydrogen-bond donors (Lipinski definition) is 3. The van der Waals surface area contributed by atoms with E-state index in [1.807, 2.05) is 47.9 Å². The number of ether oxygens (including phenoxy) is 1. The van der Waals surface area contributed by atoms with Gasteiger partial charge in [-0.05, 0) is 87.6 Å². The van der Waals surface area contributed by atoms with E-state index in [0.717, 1.165) is 38.8 Å². The molecule has 3 aliphatic rings. The van der Waals surface area contributed by atoms with Gasteiger partial charge in [-0.15, -0.1) is 21.5 Å². The van der Waals surface area contributed by atoms with Crippen LogP contribution in [0.2, 0.25) is 5.02 Å². The number of rotatable bonds is 13. The molecule has 5 aromatic rings. The average molecular weight is 847 g/mol. The molecule has 16 heteroatoms. The summed E-state index contributed by atoms with van der Waals surface area (Å²) >= 11 is 7.89. The second-order valence-corrected chi connectivity index (χ2v) is 16.7. The number of piperidine rings is 1. The zero-order valence-electron chi connectivity index (χ0n) is 33.3. The lowest BCUT2D eigenvalue weighted by Crippen LogP contribution is -2.52. The van der Waals surface area contributed by atoms with E-state index in [4.69, 9.17) is 21.3 Å². The molecule has 1 fully saturated rings. The van der Waals surface area contributed by atoms with Gasteiger partial charge in [-0.2, -0.15) is 0 Å². The van der Waals surface area contributed by atoms with Gasteiger partial charge in [0.2, 0.25) is 17.7 Å². The van der Waals surface area contributed by atoms with Gasteiger partial charge in [-0.1, -0.05) is 41.9 Å². The number of aromatic nitrogens is 3. The van der Waals surface area contributed by atoms with Gasteiger partial charge >= 0.3 is 0 Å². The molecule has 2 atom stereocenters. The first-order chi connectivity index (χ1) is 29.0. The fraction of sp³-hybridized carbons (Fsp3) is 0.318. The molecule has 2 aromatic heterocycles. The molecule has 14 nitrogen and oxygen atoms in total. The molecular formula is C44H43ClN8O6S. The maximum absolute atomic E-state index is 13.3. The minimum atomic E-state index is -0.705. The molecule has 5 amide bonds. The first-order valence-corrected chi connectivity index (χ1v) is 21.1. The summed E-state index contributed by atoms with van der Waals surface area (Å²) in [6, 6.07) is 18.6. The van der Waals surface area contributed by atoms with Crippen LogP contribution in [0.4, 0.5) is 0 Å². The molecule has 1 unspecified atom stereocenters. The van der Waals surface area contributed by atoms with Gasteiger partial charge in [0.15, 0.2) is 5.82 Å². The predicted octanol–water partition coefficient (Wildman–Crippen LogP) is 5.86. The van der Waals surface area contributed by atoms with Gasteiger partial charge in [0.1, 0.15) is 35.3 Å². The van der Waals surface area contributed by atoms with E-state index in [0.29, 0.717) is 59.2 Å². The molecule has 60 heavy (non-hydrogen) atoms. The molecular weight excluding hydrogens is 804 g/mol. The number of aryl methyl sites for hydroxylation is 2. The molecule has 1 saturated heterocycles. The fourth-order valence-corrected chi connectivity index (χ4v) is 9.11. The zero-order chi connectivity index (χ0) is 42.1. The Morgan fingerprint density at radius 2 is 1.70 bits per heavy atom. The molecule has 3 aliphatic heterocycles. The molecule has 0 bridgehead atoms. The Morgan fingerprint density at radius 3 is 2.45 bits per heavy atom. The van der Waals surface area contributed by atoms with Gasteiger partial charge in [0, 0.05) is 57.2 Å². The summed E-state index contributed by atoms with van der Waals surface area (Å²) in [6.45, 7) is 7.38. The molecule has 0 aliphatic carbocycles. The maximum atomic E-state index is 13.3. The summed E-state index contributed by atoms with van der Waals surface area (Å²) in [7, 11) is 0. The number of amides is 5. The third kappa shape index (κ3) is 8.19. The van der Waals surface area contributed by atoms with E-state index in [-0.39, 0.29) is 56.0 Å². The van der Waals surface area contributed by atoms with Crippen LogP contribution in [0.1, 0.15) is 103 Å². The van der Waals surface area contributed by atoms with E-state index in [9.17, 15) is 24.0 Å². The Bertz CT molecular complexity index is 2550. The second-order valence-electron chi connectivity index (χ2n) is 15.1. The topological polar surface area (TPSA) is 177 Å². The number of aliphatic imine (C=N–C) groups is 1. The van der Waals surface area contributed by atoms with Crippen molar-refractivity contribution < 1.29 is 28.7 Å². The predicted molar refractivity (Wildman–Crippen MR) is 226 cm³/mol. The summed E-state index contributed by atoms with van der Waals surface area (Å²) in [5.41, 5.74) is 6.34. The van der Waals surface area contributed by atoms with Gasteiger partial charge in [0.25, 0.3) is 11.8 Å². The quantitative estimate of drug-likeness (QED) is 0.0976. The summed E-state index contributed by atoms with van der Waals surface area (Å²) < 4.78 is 8.13. The molecule has 0 radical (unpaired) electrons. The summed E-state index contributed by atoms with van der Waals surface area (Å²) in [6.07, 6.45) is 1.89. The van der Waals surface area contributed by atoms with Crippen LogP contribution in [0.25, 0.3) is 5.00 Å². The number of hydrogen-bond acceptors (Lipinski definition) is 10. The van der Waals surface area contributed by atoms with Crippen LogP contribution >= 0.6 is 22.9 Å². The van der Waals surface area contributed by atoms with Crippen LogP contribution in [0, 0.1) is 20.8 Å². The zero-order valence-corrected chi connectivity index (χ0v) is 34.9. The molecule has 3 aromatic carbocycles. The number of unbranched alkanes of at least 4 members (excludes halogenated alkanes) is 1. The number of imide groups is 1. The molecule has 3 N–H and O–H groups in total. The number of nitrogens with one attached hydrogen (secondary N) is 3. The SMILES string of the molecule is Cc1sc2c(c1C)C(c1ccc(Cl)cc1)=N[C@@H](CC(=O)NCCCCNC(=O)c1ccc(COc3cccc4c3CN(C3CCC(=O)NC3=O)C4=O)cc1)c1nnc(C)n1-2. The number of thiophene rings is 1. The standard InChI is InChI=1S/C44H43ClN8O6S/c1-24-25(2)60-44-38(24)39(28-13-15-30(45)16-14-28)48-33(40-51-50-26(3)53(40)44)21-37(55)46-19-4-5-20-47-41(56)29-11-9-27(10-12-29)23-59-35-8-6-7-31-32(35)22-52(43(31)58)34-17-18-36(54)49-42(34)57/h6-16,33-34H,4-5,17-23H2,1-3H3,(H,46,55)(H,47,56)(H,49,54,57)/t33-,34?/m0/s1. The van der Waals surface area contributed by atoms with Crippen LogP contribution in [0.3, 0.4) is 0 Å². The lowest BCUT2D eigenvalue weighted by atomic mass is 9.99. The average Bonchev–Trinajstić information content (AvgIpc) is 3.85. The van der Waals surface area contributed by atoms with Gasteiger partial charge in [-0.3, -0.25) is 38.8 Å². The van der Waals surface area contributed by atoms with E-state index in [1.165, 1.54) is 9.78 Å². The Morgan fingerprint density at radius 1 is 0.950 bits per heavy atom. The van der Waals surface area contributed by atoms with Crippen LogP contribution in [0.15, 0.2) is 71.7 Å². The Labute approximate surface area is 355 Å². The van der Waals surface area contributed by atoms with Crippen molar-refractivity contribution >= 4 is 58.2 Å². The fourth-order valence-electron chi connectivity index (χ4n) is 7.77. The second kappa shape index (κ2) is 17.2. The van der Waals surface area contributed by atoms with Crippen molar-refractivity contribution in [2.24, 2.45) is 4.99 Å². The minimum absolute atomic E-state index is 0.0936. The first-order valence-electron chi connectivity index (χ1n) is 19.9. The van der Waals surface area contributed by atoms with Crippen molar-refractivity contribution in [3.05, 3.63) is 127 Å². The monoisotopic (exact) mass is 846 g/mol. The first kappa shape index (κ1) is 40.6. The highest BCUT2D eigenvalue weighted by Crippen LogP contribution is 2.40. The Kier molecular flexibility index (Phi) is 11.6. The molecule has 0 saturated carbocycles. The van der Waals surface area contributed by atoms with Crippen LogP contribution < -0.4 is 20.7 Å². The summed E-state index contributed by atoms with van der Waals surface area (Å²) in [5.74, 6) is 0.464. The van der Waals surface area contributed by atoms with Crippen molar-refractivity contribution in [1.29, 1.82) is 0 Å². The van der Waals surface area contributed by atoms with E-state index in [2.05, 4.69) is 40.0 Å². The number of benzene rings is 3. The normalized spacial score (nSPS) is 17.0. The van der Waals surface area contributed by atoms with E-state index in [1.54, 1.807) is 41.7 Å². The summed E-state index contributed by atoms with van der Waals surface area (Å²) in [4.78, 5) is 71.3. The number of halogens is 1. The van der Waals surface area contributed by atoms with Gasteiger partial charge in [0.05, 0.1) is 18.7 Å². The Balaban J connectivity index is 0.805. The van der Waals surface area contributed by atoms with E-state index < -0.39 is 18.0 Å². The molecule has 308 valence electrons. The number of carbonyl (C=O) groups excluding carboxylic acids is 5. The third-order valence-corrected chi connectivity index (χ3v) is 12.5.